The van der Waals surface area contributed by atoms with E-state index in [1.165, 1.54) is 6.33 Å². The van der Waals surface area contributed by atoms with Crippen LogP contribution in [0.3, 0.4) is 0 Å². The van der Waals surface area contributed by atoms with Gasteiger partial charge in [-0.2, -0.15) is 0 Å². The minimum absolute atomic E-state index is 0.499. The predicted molar refractivity (Wildman–Crippen MR) is 68.3 cm³/mol. The second-order valence-corrected chi connectivity index (χ2v) is 4.19. The van der Waals surface area contributed by atoms with E-state index >= 15 is 0 Å². The molecule has 88 valence electrons. The molecule has 0 N–H and O–H groups in total. The highest BCUT2D eigenvalue weighted by molar-refractivity contribution is 9.10. The zero-order valence-corrected chi connectivity index (χ0v) is 11.1. The van der Waals surface area contributed by atoms with E-state index in [1.54, 1.807) is 14.2 Å². The van der Waals surface area contributed by atoms with E-state index in [2.05, 4.69) is 25.9 Å². The summed E-state index contributed by atoms with van der Waals surface area (Å²) in [4.78, 5) is 8.16. The fraction of sp³-hybridized carbons (Fsp3) is 0.167. The summed E-state index contributed by atoms with van der Waals surface area (Å²) in [6.07, 6.45) is 1.42. The Kier molecular flexibility index (Phi) is 3.58. The lowest BCUT2D eigenvalue weighted by Gasteiger charge is -2.10. The van der Waals surface area contributed by atoms with E-state index in [0.717, 1.165) is 15.6 Å². The summed E-state index contributed by atoms with van der Waals surface area (Å²) < 4.78 is 11.5. The topological polar surface area (TPSA) is 44.2 Å². The summed E-state index contributed by atoms with van der Waals surface area (Å²) in [5.41, 5.74) is 1.70. The van der Waals surface area contributed by atoms with Gasteiger partial charge >= 0.3 is 0 Å². The van der Waals surface area contributed by atoms with Gasteiger partial charge in [0.05, 0.1) is 14.2 Å². The second kappa shape index (κ2) is 5.14. The first kappa shape index (κ1) is 11.9. The van der Waals surface area contributed by atoms with Crippen LogP contribution in [0.25, 0.3) is 11.1 Å². The molecular weight excluding hydrogens is 284 g/mol. The van der Waals surface area contributed by atoms with Gasteiger partial charge in [0.25, 0.3) is 0 Å². The maximum Gasteiger partial charge on any atom is 0.228 e. The fourth-order valence-corrected chi connectivity index (χ4v) is 1.79. The van der Waals surface area contributed by atoms with Crippen molar-refractivity contribution < 1.29 is 9.47 Å². The largest absolute Gasteiger partial charge is 0.480 e. The Hall–Kier alpha value is -1.62. The molecule has 1 aromatic carbocycles. The van der Waals surface area contributed by atoms with Crippen LogP contribution < -0.4 is 9.47 Å². The standard InChI is InChI=1S/C12H11BrN2O2/c1-16-11-10(12(17-2)15-7-14-11)8-3-5-9(13)6-4-8/h3-7H,1-2H3. The average Bonchev–Trinajstić information content (AvgIpc) is 2.38. The second-order valence-electron chi connectivity index (χ2n) is 3.27. The normalized spacial score (nSPS) is 10.1. The number of aromatic nitrogens is 2. The molecule has 1 aromatic heterocycles. The first-order valence-electron chi connectivity index (χ1n) is 4.95. The number of rotatable bonds is 3. The molecule has 1 heterocycles. The van der Waals surface area contributed by atoms with Gasteiger partial charge in [0.2, 0.25) is 11.8 Å². The molecule has 0 aliphatic carbocycles. The molecule has 5 heteroatoms. The van der Waals surface area contributed by atoms with Crippen LogP contribution in [-0.4, -0.2) is 24.2 Å². The van der Waals surface area contributed by atoms with Crippen molar-refractivity contribution in [2.45, 2.75) is 0 Å². The highest BCUT2D eigenvalue weighted by Gasteiger charge is 2.14. The van der Waals surface area contributed by atoms with Crippen molar-refractivity contribution in [2.24, 2.45) is 0 Å². The molecule has 0 aliphatic rings. The zero-order chi connectivity index (χ0) is 12.3. The SMILES string of the molecule is COc1ncnc(OC)c1-c1ccc(Br)cc1. The Morgan fingerprint density at radius 2 is 1.47 bits per heavy atom. The van der Waals surface area contributed by atoms with Crippen molar-refractivity contribution >= 4 is 15.9 Å². The molecule has 0 fully saturated rings. The molecule has 0 saturated heterocycles. The van der Waals surface area contributed by atoms with Crippen molar-refractivity contribution in [3.05, 3.63) is 35.1 Å². The van der Waals surface area contributed by atoms with Crippen LogP contribution in [0, 0.1) is 0 Å². The molecule has 0 bridgehead atoms. The van der Waals surface area contributed by atoms with Crippen LogP contribution in [0.5, 0.6) is 11.8 Å². The monoisotopic (exact) mass is 294 g/mol. The first-order chi connectivity index (χ1) is 8.26. The van der Waals surface area contributed by atoms with Crippen LogP contribution in [-0.2, 0) is 0 Å². The minimum atomic E-state index is 0.499. The van der Waals surface area contributed by atoms with Crippen LogP contribution in [0.1, 0.15) is 0 Å². The molecular formula is C12H11BrN2O2. The highest BCUT2D eigenvalue weighted by Crippen LogP contribution is 2.35. The van der Waals surface area contributed by atoms with Gasteiger partial charge in [0.1, 0.15) is 11.9 Å². The Balaban J connectivity index is 2.59. The number of nitrogens with zero attached hydrogens (tertiary/aromatic N) is 2. The van der Waals surface area contributed by atoms with Gasteiger partial charge in [0.15, 0.2) is 0 Å². The third kappa shape index (κ3) is 2.39. The summed E-state index contributed by atoms with van der Waals surface area (Å²) in [6, 6.07) is 7.80. The average molecular weight is 295 g/mol. The molecule has 4 nitrogen and oxygen atoms in total. The summed E-state index contributed by atoms with van der Waals surface area (Å²) in [5.74, 6) is 0.998. The molecule has 0 unspecified atom stereocenters. The lowest BCUT2D eigenvalue weighted by Crippen LogP contribution is -1.97. The number of ether oxygens (including phenoxy) is 2. The van der Waals surface area contributed by atoms with Crippen molar-refractivity contribution in [2.75, 3.05) is 14.2 Å². The number of hydrogen-bond acceptors (Lipinski definition) is 4. The summed E-state index contributed by atoms with van der Waals surface area (Å²) in [5, 5.41) is 0. The fourth-order valence-electron chi connectivity index (χ4n) is 1.53. The Morgan fingerprint density at radius 3 is 1.94 bits per heavy atom. The third-order valence-corrected chi connectivity index (χ3v) is 2.83. The molecule has 0 spiro atoms. The predicted octanol–water partition coefficient (Wildman–Crippen LogP) is 2.92. The van der Waals surface area contributed by atoms with Gasteiger partial charge in [0, 0.05) is 4.47 Å². The van der Waals surface area contributed by atoms with Gasteiger partial charge < -0.3 is 9.47 Å². The van der Waals surface area contributed by atoms with E-state index in [9.17, 15) is 0 Å². The van der Waals surface area contributed by atoms with E-state index in [-0.39, 0.29) is 0 Å². The maximum atomic E-state index is 5.23. The lowest BCUT2D eigenvalue weighted by atomic mass is 10.1. The first-order valence-corrected chi connectivity index (χ1v) is 5.74. The molecule has 2 rings (SSSR count). The lowest BCUT2D eigenvalue weighted by molar-refractivity contribution is 0.375. The van der Waals surface area contributed by atoms with Crippen LogP contribution in [0.4, 0.5) is 0 Å². The zero-order valence-electron chi connectivity index (χ0n) is 9.48. The van der Waals surface area contributed by atoms with Gasteiger partial charge in [-0.3, -0.25) is 0 Å². The van der Waals surface area contributed by atoms with E-state index in [4.69, 9.17) is 9.47 Å². The van der Waals surface area contributed by atoms with Gasteiger partial charge in [-0.05, 0) is 17.7 Å². The maximum absolute atomic E-state index is 5.23. The van der Waals surface area contributed by atoms with Gasteiger partial charge in [-0.1, -0.05) is 28.1 Å². The highest BCUT2D eigenvalue weighted by atomic mass is 79.9. The van der Waals surface area contributed by atoms with Crippen molar-refractivity contribution in [3.63, 3.8) is 0 Å². The summed E-state index contributed by atoms with van der Waals surface area (Å²) in [7, 11) is 3.15. The number of methoxy groups -OCH3 is 2. The minimum Gasteiger partial charge on any atom is -0.480 e. The smallest absolute Gasteiger partial charge is 0.228 e. The van der Waals surface area contributed by atoms with Crippen molar-refractivity contribution in [3.8, 4) is 22.9 Å². The quantitative estimate of drug-likeness (QED) is 0.873. The Bertz CT molecular complexity index is 492. The van der Waals surface area contributed by atoms with Gasteiger partial charge in [-0.15, -0.1) is 0 Å². The number of hydrogen-bond donors (Lipinski definition) is 0. The van der Waals surface area contributed by atoms with Crippen molar-refractivity contribution in [1.82, 2.24) is 9.97 Å². The van der Waals surface area contributed by atoms with E-state index < -0.39 is 0 Å². The molecule has 0 amide bonds. The third-order valence-electron chi connectivity index (χ3n) is 2.30. The molecule has 17 heavy (non-hydrogen) atoms. The number of benzene rings is 1. The molecule has 0 atom stereocenters. The van der Waals surface area contributed by atoms with Crippen LogP contribution in [0.2, 0.25) is 0 Å². The molecule has 0 saturated carbocycles. The molecule has 0 aliphatic heterocycles. The number of halogens is 1. The summed E-state index contributed by atoms with van der Waals surface area (Å²) >= 11 is 3.40. The van der Waals surface area contributed by atoms with E-state index in [0.29, 0.717) is 11.8 Å². The van der Waals surface area contributed by atoms with Gasteiger partial charge in [-0.25, -0.2) is 9.97 Å². The van der Waals surface area contributed by atoms with Crippen molar-refractivity contribution in [1.29, 1.82) is 0 Å². The summed E-state index contributed by atoms with van der Waals surface area (Å²) in [6.45, 7) is 0. The Labute approximate surface area is 108 Å². The van der Waals surface area contributed by atoms with E-state index in [1.807, 2.05) is 24.3 Å². The molecule has 0 radical (unpaired) electrons. The van der Waals surface area contributed by atoms with Crippen LogP contribution in [0.15, 0.2) is 35.1 Å². The Morgan fingerprint density at radius 1 is 0.941 bits per heavy atom. The van der Waals surface area contributed by atoms with Crippen LogP contribution >= 0.6 is 15.9 Å². The molecule has 2 aromatic rings.